The van der Waals surface area contributed by atoms with Crippen LogP contribution in [0.2, 0.25) is 0 Å². The molecule has 2 nitrogen and oxygen atoms in total. The molecule has 2 aromatic rings. The van der Waals surface area contributed by atoms with Gasteiger partial charge in [-0.25, -0.2) is 0 Å². The van der Waals surface area contributed by atoms with Crippen molar-refractivity contribution in [1.82, 2.24) is 10.3 Å². The molecule has 0 aliphatic heterocycles. The molecule has 0 atom stereocenters. The minimum absolute atomic E-state index is 0.965. The maximum Gasteiger partial charge on any atom is 0.0346 e. The maximum absolute atomic E-state index is 4.14. The van der Waals surface area contributed by atoms with Gasteiger partial charge in [-0.05, 0) is 36.0 Å². The van der Waals surface area contributed by atoms with Gasteiger partial charge in [0, 0.05) is 24.3 Å². The van der Waals surface area contributed by atoms with Crippen molar-refractivity contribution in [3.8, 4) is 0 Å². The monoisotopic (exact) mass is 270 g/mol. The Bertz CT molecular complexity index is 507. The van der Waals surface area contributed by atoms with Crippen LogP contribution in [-0.2, 0) is 6.54 Å². The second kappa shape index (κ2) is 8.70. The van der Waals surface area contributed by atoms with Gasteiger partial charge in [-0.15, -0.1) is 0 Å². The molecule has 0 aliphatic rings. The summed E-state index contributed by atoms with van der Waals surface area (Å²) in [4.78, 5) is 4.14. The third-order valence-corrected chi connectivity index (χ3v) is 3.74. The highest BCUT2D eigenvalue weighted by atomic mass is 14.8. The van der Waals surface area contributed by atoms with Gasteiger partial charge in [0.15, 0.2) is 0 Å². The highest BCUT2D eigenvalue weighted by molar-refractivity contribution is 5.81. The average Bonchev–Trinajstić information content (AvgIpc) is 2.50. The van der Waals surface area contributed by atoms with E-state index in [4.69, 9.17) is 0 Å². The van der Waals surface area contributed by atoms with E-state index in [2.05, 4.69) is 41.5 Å². The summed E-state index contributed by atoms with van der Waals surface area (Å²) in [5.74, 6) is 0. The van der Waals surface area contributed by atoms with E-state index in [-0.39, 0.29) is 0 Å². The molecule has 2 rings (SSSR count). The molecule has 0 unspecified atom stereocenters. The first kappa shape index (κ1) is 15.0. The van der Waals surface area contributed by atoms with Crippen molar-refractivity contribution in [3.05, 3.63) is 42.2 Å². The minimum Gasteiger partial charge on any atom is -0.313 e. The lowest BCUT2D eigenvalue weighted by atomic mass is 10.1. The molecule has 0 amide bonds. The number of hydrogen-bond donors (Lipinski definition) is 1. The van der Waals surface area contributed by atoms with E-state index in [9.17, 15) is 0 Å². The molecule has 1 aromatic heterocycles. The second-order valence-electron chi connectivity index (χ2n) is 5.50. The highest BCUT2D eigenvalue weighted by Crippen LogP contribution is 2.14. The molecule has 0 saturated carbocycles. The van der Waals surface area contributed by atoms with E-state index in [0.29, 0.717) is 0 Å². The number of unbranched alkanes of at least 4 members (excludes halogenated alkanes) is 5. The van der Waals surface area contributed by atoms with Crippen LogP contribution < -0.4 is 5.32 Å². The van der Waals surface area contributed by atoms with E-state index in [1.165, 1.54) is 54.9 Å². The molecule has 0 radical (unpaired) electrons. The summed E-state index contributed by atoms with van der Waals surface area (Å²) in [6.45, 7) is 4.36. The maximum atomic E-state index is 4.14. The highest BCUT2D eigenvalue weighted by Gasteiger charge is 1.96. The predicted octanol–water partition coefficient (Wildman–Crippen LogP) is 4.68. The third kappa shape index (κ3) is 4.93. The van der Waals surface area contributed by atoms with Crippen LogP contribution >= 0.6 is 0 Å². The first-order chi connectivity index (χ1) is 9.90. The summed E-state index contributed by atoms with van der Waals surface area (Å²) in [6, 6.07) is 8.68. The molecular weight excluding hydrogens is 244 g/mol. The number of benzene rings is 1. The Hall–Kier alpha value is -1.41. The number of nitrogens with one attached hydrogen (secondary N) is 1. The Morgan fingerprint density at radius 2 is 1.80 bits per heavy atom. The van der Waals surface area contributed by atoms with Crippen molar-refractivity contribution in [3.63, 3.8) is 0 Å². The van der Waals surface area contributed by atoms with Gasteiger partial charge in [-0.1, -0.05) is 51.2 Å². The Labute approximate surface area is 122 Å². The van der Waals surface area contributed by atoms with Crippen molar-refractivity contribution in [2.75, 3.05) is 6.54 Å². The van der Waals surface area contributed by atoms with Gasteiger partial charge >= 0.3 is 0 Å². The predicted molar refractivity (Wildman–Crippen MR) is 86.8 cm³/mol. The number of hydrogen-bond acceptors (Lipinski definition) is 2. The summed E-state index contributed by atoms with van der Waals surface area (Å²) in [5, 5.41) is 6.03. The molecule has 0 aliphatic carbocycles. The topological polar surface area (TPSA) is 24.9 Å². The van der Waals surface area contributed by atoms with Gasteiger partial charge in [0.05, 0.1) is 0 Å². The lowest BCUT2D eigenvalue weighted by molar-refractivity contribution is 0.572. The van der Waals surface area contributed by atoms with Crippen molar-refractivity contribution >= 4 is 10.8 Å². The summed E-state index contributed by atoms with van der Waals surface area (Å²) in [7, 11) is 0. The molecule has 2 heteroatoms. The van der Waals surface area contributed by atoms with E-state index in [1.54, 1.807) is 0 Å². The zero-order valence-electron chi connectivity index (χ0n) is 12.6. The fraction of sp³-hybridized carbons (Fsp3) is 0.500. The normalized spacial score (nSPS) is 11.1. The standard InChI is InChI=1S/C18H26N2/c1-2-3-4-5-6-7-11-19-14-16-8-9-18-15-20-12-10-17(18)13-16/h8-10,12-13,15,19H,2-7,11,14H2,1H3. The number of fused-ring (bicyclic) bond motifs is 1. The van der Waals surface area contributed by atoms with E-state index in [0.717, 1.165) is 13.1 Å². The van der Waals surface area contributed by atoms with Gasteiger partial charge in [-0.3, -0.25) is 4.98 Å². The summed E-state index contributed by atoms with van der Waals surface area (Å²) < 4.78 is 0. The van der Waals surface area contributed by atoms with E-state index >= 15 is 0 Å². The van der Waals surface area contributed by atoms with Gasteiger partial charge < -0.3 is 5.32 Å². The molecule has 1 N–H and O–H groups in total. The minimum atomic E-state index is 0.965. The lowest BCUT2D eigenvalue weighted by Gasteiger charge is -2.06. The Kier molecular flexibility index (Phi) is 6.52. The summed E-state index contributed by atoms with van der Waals surface area (Å²) in [5.41, 5.74) is 1.36. The quantitative estimate of drug-likeness (QED) is 0.669. The van der Waals surface area contributed by atoms with Crippen LogP contribution in [0.25, 0.3) is 10.8 Å². The molecule has 0 saturated heterocycles. The molecule has 108 valence electrons. The SMILES string of the molecule is CCCCCCCCNCc1ccc2cnccc2c1. The Balaban J connectivity index is 1.65. The van der Waals surface area contributed by atoms with Crippen LogP contribution in [0.4, 0.5) is 0 Å². The fourth-order valence-corrected chi connectivity index (χ4v) is 2.51. The first-order valence-electron chi connectivity index (χ1n) is 7.93. The molecule has 20 heavy (non-hydrogen) atoms. The molecule has 0 bridgehead atoms. The molecular formula is C18H26N2. The Morgan fingerprint density at radius 3 is 2.70 bits per heavy atom. The first-order valence-corrected chi connectivity index (χ1v) is 7.93. The van der Waals surface area contributed by atoms with Crippen molar-refractivity contribution < 1.29 is 0 Å². The van der Waals surface area contributed by atoms with Crippen molar-refractivity contribution in [2.45, 2.75) is 52.0 Å². The number of rotatable bonds is 9. The summed E-state index contributed by atoms with van der Waals surface area (Å²) >= 11 is 0. The van der Waals surface area contributed by atoms with Gasteiger partial charge in [0.1, 0.15) is 0 Å². The molecule has 0 fully saturated rings. The van der Waals surface area contributed by atoms with Crippen LogP contribution in [0.3, 0.4) is 0 Å². The third-order valence-electron chi connectivity index (χ3n) is 3.74. The fourth-order valence-electron chi connectivity index (χ4n) is 2.51. The average molecular weight is 270 g/mol. The zero-order chi connectivity index (χ0) is 14.0. The summed E-state index contributed by atoms with van der Waals surface area (Å²) in [6.07, 6.45) is 11.9. The molecule has 1 heterocycles. The largest absolute Gasteiger partial charge is 0.313 e. The number of pyridine rings is 1. The number of aromatic nitrogens is 1. The van der Waals surface area contributed by atoms with Crippen LogP contribution in [0.1, 0.15) is 51.0 Å². The number of nitrogens with zero attached hydrogens (tertiary/aromatic N) is 1. The van der Waals surface area contributed by atoms with E-state index < -0.39 is 0 Å². The van der Waals surface area contributed by atoms with Gasteiger partial charge in [0.2, 0.25) is 0 Å². The molecule has 1 aromatic carbocycles. The second-order valence-corrected chi connectivity index (χ2v) is 5.50. The zero-order valence-corrected chi connectivity index (χ0v) is 12.6. The lowest BCUT2D eigenvalue weighted by Crippen LogP contribution is -2.14. The van der Waals surface area contributed by atoms with Crippen molar-refractivity contribution in [1.29, 1.82) is 0 Å². The van der Waals surface area contributed by atoms with Crippen LogP contribution in [-0.4, -0.2) is 11.5 Å². The van der Waals surface area contributed by atoms with Crippen LogP contribution in [0, 0.1) is 0 Å². The van der Waals surface area contributed by atoms with Crippen LogP contribution in [0.15, 0.2) is 36.7 Å². The van der Waals surface area contributed by atoms with Gasteiger partial charge in [0.25, 0.3) is 0 Å². The van der Waals surface area contributed by atoms with E-state index in [1.807, 2.05) is 12.4 Å². The smallest absolute Gasteiger partial charge is 0.0346 e. The Morgan fingerprint density at radius 1 is 0.950 bits per heavy atom. The van der Waals surface area contributed by atoms with Crippen LogP contribution in [0.5, 0.6) is 0 Å². The molecule has 0 spiro atoms. The van der Waals surface area contributed by atoms with Crippen molar-refractivity contribution in [2.24, 2.45) is 0 Å². The van der Waals surface area contributed by atoms with Gasteiger partial charge in [-0.2, -0.15) is 0 Å².